The van der Waals surface area contributed by atoms with Crippen LogP contribution in [0.2, 0.25) is 0 Å². The van der Waals surface area contributed by atoms with Crippen molar-refractivity contribution < 1.29 is 9.84 Å². The number of aromatic hydroxyl groups is 1. The van der Waals surface area contributed by atoms with Gasteiger partial charge in [-0.2, -0.15) is 0 Å². The number of piperazine rings is 1. The van der Waals surface area contributed by atoms with E-state index in [9.17, 15) is 5.11 Å². The number of phenols is 1. The molecule has 0 saturated carbocycles. The Morgan fingerprint density at radius 3 is 3.00 bits per heavy atom. The molecule has 3 rings (SSSR count). The van der Waals surface area contributed by atoms with Gasteiger partial charge in [0, 0.05) is 44.7 Å². The molecule has 2 N–H and O–H groups in total. The van der Waals surface area contributed by atoms with Gasteiger partial charge in [0.25, 0.3) is 0 Å². The second kappa shape index (κ2) is 4.55. The minimum atomic E-state index is 0.241. The molecule has 0 bridgehead atoms. The number of ether oxygens (including phenoxy) is 1. The Labute approximate surface area is 101 Å². The summed E-state index contributed by atoms with van der Waals surface area (Å²) in [6.45, 7) is 5.32. The summed E-state index contributed by atoms with van der Waals surface area (Å²) in [5.74, 6) is 1.26. The standard InChI is InChI=1S/C13H18N2O2/c16-11-1-2-13-10(7-11)8-12(17-13)9-15-5-3-14-4-6-15/h1-2,7,12,14,16H,3-6,8-9H2. The van der Waals surface area contributed by atoms with Gasteiger partial charge in [0.15, 0.2) is 0 Å². The summed E-state index contributed by atoms with van der Waals surface area (Å²) in [5, 5.41) is 12.8. The van der Waals surface area contributed by atoms with Gasteiger partial charge in [-0.25, -0.2) is 0 Å². The molecule has 92 valence electrons. The number of hydrogen-bond donors (Lipinski definition) is 2. The molecule has 1 unspecified atom stereocenters. The quantitative estimate of drug-likeness (QED) is 0.786. The maximum Gasteiger partial charge on any atom is 0.123 e. The van der Waals surface area contributed by atoms with Crippen LogP contribution < -0.4 is 10.1 Å². The number of rotatable bonds is 2. The van der Waals surface area contributed by atoms with Gasteiger partial charge in [-0.15, -0.1) is 0 Å². The lowest BCUT2D eigenvalue weighted by molar-refractivity contribution is 0.139. The summed E-state index contributed by atoms with van der Waals surface area (Å²) in [5.41, 5.74) is 1.13. The van der Waals surface area contributed by atoms with E-state index in [0.29, 0.717) is 5.75 Å². The lowest BCUT2D eigenvalue weighted by Crippen LogP contribution is -2.47. The minimum absolute atomic E-state index is 0.241. The number of nitrogens with zero attached hydrogens (tertiary/aromatic N) is 1. The normalized spacial score (nSPS) is 24.4. The molecule has 2 aliphatic rings. The van der Waals surface area contributed by atoms with Crippen LogP contribution in [0.25, 0.3) is 0 Å². The van der Waals surface area contributed by atoms with E-state index in [4.69, 9.17) is 4.74 Å². The Balaban J connectivity index is 1.61. The molecule has 1 aromatic rings. The molecule has 1 atom stereocenters. The first-order valence-electron chi connectivity index (χ1n) is 6.23. The second-order valence-electron chi connectivity index (χ2n) is 4.79. The van der Waals surface area contributed by atoms with E-state index in [-0.39, 0.29) is 6.10 Å². The molecule has 1 fully saturated rings. The van der Waals surface area contributed by atoms with Crippen molar-refractivity contribution in [3.05, 3.63) is 23.8 Å². The molecule has 17 heavy (non-hydrogen) atoms. The zero-order valence-corrected chi connectivity index (χ0v) is 9.85. The molecule has 1 aromatic carbocycles. The van der Waals surface area contributed by atoms with E-state index in [0.717, 1.165) is 50.5 Å². The van der Waals surface area contributed by atoms with Gasteiger partial charge in [0.05, 0.1) is 0 Å². The monoisotopic (exact) mass is 234 g/mol. The minimum Gasteiger partial charge on any atom is -0.508 e. The van der Waals surface area contributed by atoms with Gasteiger partial charge in [0.2, 0.25) is 0 Å². The van der Waals surface area contributed by atoms with Crippen molar-refractivity contribution in [2.24, 2.45) is 0 Å². The topological polar surface area (TPSA) is 44.7 Å². The van der Waals surface area contributed by atoms with Gasteiger partial charge < -0.3 is 15.2 Å². The van der Waals surface area contributed by atoms with E-state index in [1.165, 1.54) is 0 Å². The highest BCUT2D eigenvalue weighted by Crippen LogP contribution is 2.31. The summed E-state index contributed by atoms with van der Waals surface area (Å²) < 4.78 is 5.89. The van der Waals surface area contributed by atoms with Gasteiger partial charge in [0.1, 0.15) is 17.6 Å². The third-order valence-corrected chi connectivity index (χ3v) is 3.46. The first-order valence-corrected chi connectivity index (χ1v) is 6.23. The number of phenolic OH excluding ortho intramolecular Hbond substituents is 1. The van der Waals surface area contributed by atoms with E-state index < -0.39 is 0 Å². The van der Waals surface area contributed by atoms with Crippen LogP contribution in [0.15, 0.2) is 18.2 Å². The molecule has 4 nitrogen and oxygen atoms in total. The summed E-state index contributed by atoms with van der Waals surface area (Å²) in [4.78, 5) is 2.44. The molecule has 0 aromatic heterocycles. The Hall–Kier alpha value is -1.26. The number of hydrogen-bond acceptors (Lipinski definition) is 4. The highest BCUT2D eigenvalue weighted by atomic mass is 16.5. The number of fused-ring (bicyclic) bond motifs is 1. The zero-order valence-electron chi connectivity index (χ0n) is 9.85. The summed E-state index contributed by atoms with van der Waals surface area (Å²) in [7, 11) is 0. The molecular formula is C13H18N2O2. The Kier molecular flexibility index (Phi) is 2.91. The van der Waals surface area contributed by atoms with Crippen molar-refractivity contribution in [1.29, 1.82) is 0 Å². The lowest BCUT2D eigenvalue weighted by Gasteiger charge is -2.29. The largest absolute Gasteiger partial charge is 0.508 e. The SMILES string of the molecule is Oc1ccc2c(c1)CC(CN1CCNCC1)O2. The van der Waals surface area contributed by atoms with Crippen molar-refractivity contribution in [2.75, 3.05) is 32.7 Å². The van der Waals surface area contributed by atoms with E-state index in [2.05, 4.69) is 10.2 Å². The third-order valence-electron chi connectivity index (χ3n) is 3.46. The fourth-order valence-corrected chi connectivity index (χ4v) is 2.59. The summed E-state index contributed by atoms with van der Waals surface area (Å²) in [6.07, 6.45) is 1.15. The van der Waals surface area contributed by atoms with Gasteiger partial charge >= 0.3 is 0 Å². The van der Waals surface area contributed by atoms with Gasteiger partial charge in [-0.1, -0.05) is 0 Å². The highest BCUT2D eigenvalue weighted by molar-refractivity contribution is 5.42. The van der Waals surface area contributed by atoms with E-state index in [1.54, 1.807) is 6.07 Å². The molecule has 1 saturated heterocycles. The Morgan fingerprint density at radius 2 is 2.18 bits per heavy atom. The predicted octanol–water partition coefficient (Wildman–Crippen LogP) is 0.601. The summed E-state index contributed by atoms with van der Waals surface area (Å²) >= 11 is 0. The average Bonchev–Trinajstić information content (AvgIpc) is 2.71. The van der Waals surface area contributed by atoms with Crippen LogP contribution in [0.4, 0.5) is 0 Å². The summed E-state index contributed by atoms with van der Waals surface area (Å²) in [6, 6.07) is 5.36. The van der Waals surface area contributed by atoms with Gasteiger partial charge in [-0.05, 0) is 18.2 Å². The van der Waals surface area contributed by atoms with Crippen molar-refractivity contribution >= 4 is 0 Å². The molecule has 2 heterocycles. The van der Waals surface area contributed by atoms with Crippen molar-refractivity contribution in [3.63, 3.8) is 0 Å². The molecule has 0 aliphatic carbocycles. The molecule has 2 aliphatic heterocycles. The zero-order chi connectivity index (χ0) is 11.7. The van der Waals surface area contributed by atoms with Crippen molar-refractivity contribution in [1.82, 2.24) is 10.2 Å². The molecule has 0 spiro atoms. The lowest BCUT2D eigenvalue weighted by atomic mass is 10.1. The molecule has 4 heteroatoms. The van der Waals surface area contributed by atoms with Crippen LogP contribution in [0, 0.1) is 0 Å². The Bertz CT molecular complexity index is 402. The predicted molar refractivity (Wildman–Crippen MR) is 65.5 cm³/mol. The number of nitrogens with one attached hydrogen (secondary N) is 1. The van der Waals surface area contributed by atoms with E-state index >= 15 is 0 Å². The van der Waals surface area contributed by atoms with Crippen LogP contribution in [0.5, 0.6) is 11.5 Å². The van der Waals surface area contributed by atoms with Crippen molar-refractivity contribution in [2.45, 2.75) is 12.5 Å². The maximum absolute atomic E-state index is 9.43. The maximum atomic E-state index is 9.43. The molecule has 0 amide bonds. The first kappa shape index (κ1) is 10.9. The van der Waals surface area contributed by atoms with Crippen LogP contribution in [0.3, 0.4) is 0 Å². The van der Waals surface area contributed by atoms with Crippen LogP contribution in [-0.4, -0.2) is 48.8 Å². The molecule has 0 radical (unpaired) electrons. The highest BCUT2D eigenvalue weighted by Gasteiger charge is 2.25. The second-order valence-corrected chi connectivity index (χ2v) is 4.79. The Morgan fingerprint density at radius 1 is 1.35 bits per heavy atom. The average molecular weight is 234 g/mol. The first-order chi connectivity index (χ1) is 8.31. The van der Waals surface area contributed by atoms with Crippen LogP contribution >= 0.6 is 0 Å². The fraction of sp³-hybridized carbons (Fsp3) is 0.538. The van der Waals surface area contributed by atoms with Crippen molar-refractivity contribution in [3.8, 4) is 11.5 Å². The smallest absolute Gasteiger partial charge is 0.123 e. The van der Waals surface area contributed by atoms with Gasteiger partial charge in [-0.3, -0.25) is 4.90 Å². The third kappa shape index (κ3) is 2.37. The van der Waals surface area contributed by atoms with Crippen LogP contribution in [0.1, 0.15) is 5.56 Å². The van der Waals surface area contributed by atoms with E-state index in [1.807, 2.05) is 12.1 Å². The fourth-order valence-electron chi connectivity index (χ4n) is 2.59. The number of benzene rings is 1. The molecular weight excluding hydrogens is 216 g/mol. The van der Waals surface area contributed by atoms with Crippen LogP contribution in [-0.2, 0) is 6.42 Å².